The van der Waals surface area contributed by atoms with Gasteiger partial charge in [-0.3, -0.25) is 4.79 Å². The maximum Gasteiger partial charge on any atom is 0.230 e. The summed E-state index contributed by atoms with van der Waals surface area (Å²) >= 11 is 3.27. The Kier molecular flexibility index (Phi) is 7.76. The number of thiophene rings is 1. The minimum absolute atomic E-state index is 0.114. The van der Waals surface area contributed by atoms with Crippen molar-refractivity contribution in [3.8, 4) is 11.4 Å². The maximum absolute atomic E-state index is 12.4. The Morgan fingerprint density at radius 1 is 1.26 bits per heavy atom. The number of carbonyl (C=O) groups is 1. The molecule has 0 spiro atoms. The van der Waals surface area contributed by atoms with E-state index < -0.39 is 0 Å². The normalized spacial score (nSPS) is 15.6. The quantitative estimate of drug-likeness (QED) is 0.500. The van der Waals surface area contributed by atoms with Crippen molar-refractivity contribution < 1.29 is 4.79 Å². The van der Waals surface area contributed by atoms with E-state index in [-0.39, 0.29) is 5.91 Å². The van der Waals surface area contributed by atoms with Crippen molar-refractivity contribution in [1.82, 2.24) is 20.1 Å². The Labute approximate surface area is 170 Å². The van der Waals surface area contributed by atoms with Crippen LogP contribution in [0.3, 0.4) is 0 Å². The van der Waals surface area contributed by atoms with Crippen LogP contribution in [0.1, 0.15) is 63.7 Å². The van der Waals surface area contributed by atoms with Gasteiger partial charge in [-0.15, -0.1) is 21.5 Å². The molecule has 7 heteroatoms. The molecule has 0 aliphatic heterocycles. The van der Waals surface area contributed by atoms with Crippen LogP contribution < -0.4 is 5.32 Å². The molecule has 1 fully saturated rings. The van der Waals surface area contributed by atoms with Gasteiger partial charge in [-0.25, -0.2) is 0 Å². The van der Waals surface area contributed by atoms with Crippen LogP contribution in [0.25, 0.3) is 11.4 Å². The van der Waals surface area contributed by atoms with Gasteiger partial charge in [-0.05, 0) is 31.7 Å². The van der Waals surface area contributed by atoms with E-state index in [1.54, 1.807) is 11.3 Å². The molecular formula is C20H30N4OS2. The van der Waals surface area contributed by atoms with Crippen molar-refractivity contribution in [2.24, 2.45) is 0 Å². The van der Waals surface area contributed by atoms with E-state index >= 15 is 0 Å². The predicted molar refractivity (Wildman–Crippen MR) is 113 cm³/mol. The van der Waals surface area contributed by atoms with Gasteiger partial charge in [0, 0.05) is 28.4 Å². The van der Waals surface area contributed by atoms with E-state index in [2.05, 4.69) is 45.4 Å². The van der Waals surface area contributed by atoms with Crippen LogP contribution >= 0.6 is 23.1 Å². The number of aromatic nitrogens is 3. The molecule has 3 rings (SSSR count). The predicted octanol–water partition coefficient (Wildman–Crippen LogP) is 4.91. The summed E-state index contributed by atoms with van der Waals surface area (Å²) in [6.45, 7) is 5.19. The van der Waals surface area contributed by atoms with Crippen molar-refractivity contribution >= 4 is 29.0 Å². The summed E-state index contributed by atoms with van der Waals surface area (Å²) in [4.78, 5) is 13.8. The fourth-order valence-corrected chi connectivity index (χ4v) is 5.13. The molecule has 1 saturated carbocycles. The van der Waals surface area contributed by atoms with Crippen molar-refractivity contribution in [3.05, 3.63) is 16.3 Å². The van der Waals surface area contributed by atoms with E-state index in [1.165, 1.54) is 42.3 Å². The fourth-order valence-electron chi connectivity index (χ4n) is 3.54. The standard InChI is InChI=1S/C20H30N4OS2/c1-3-11-24-19(15-12-17(4-2)26-13-15)22-23-20(24)27-14-18(25)21-16-9-7-5-6-8-10-16/h12-13,16H,3-11,14H2,1-2H3,(H,21,25). The molecule has 1 amide bonds. The molecule has 148 valence electrons. The van der Waals surface area contributed by atoms with Crippen LogP contribution in [-0.4, -0.2) is 32.5 Å². The number of amides is 1. The van der Waals surface area contributed by atoms with Crippen LogP contribution in [0.2, 0.25) is 0 Å². The first kappa shape index (κ1) is 20.4. The molecule has 2 aromatic heterocycles. The largest absolute Gasteiger partial charge is 0.353 e. The van der Waals surface area contributed by atoms with Crippen molar-refractivity contribution in [2.75, 3.05) is 5.75 Å². The lowest BCUT2D eigenvalue weighted by molar-refractivity contribution is -0.119. The summed E-state index contributed by atoms with van der Waals surface area (Å²) in [7, 11) is 0. The number of rotatable bonds is 8. The van der Waals surface area contributed by atoms with Crippen LogP contribution in [0.15, 0.2) is 16.6 Å². The van der Waals surface area contributed by atoms with E-state index in [4.69, 9.17) is 0 Å². The first-order valence-electron chi connectivity index (χ1n) is 10.1. The second kappa shape index (κ2) is 10.3. The van der Waals surface area contributed by atoms with Gasteiger partial charge >= 0.3 is 0 Å². The zero-order valence-electron chi connectivity index (χ0n) is 16.4. The SMILES string of the molecule is CCCn1c(SCC(=O)NC2CCCCCC2)nnc1-c1csc(CC)c1. The lowest BCUT2D eigenvalue weighted by Gasteiger charge is -2.16. The second-order valence-corrected chi connectivity index (χ2v) is 9.10. The Hall–Kier alpha value is -1.34. The third-order valence-corrected chi connectivity index (χ3v) is 7.02. The Balaban J connectivity index is 1.63. The van der Waals surface area contributed by atoms with Gasteiger partial charge in [0.2, 0.25) is 5.91 Å². The minimum atomic E-state index is 0.114. The highest BCUT2D eigenvalue weighted by atomic mass is 32.2. The Bertz CT molecular complexity index is 732. The molecule has 27 heavy (non-hydrogen) atoms. The molecule has 1 aliphatic carbocycles. The average molecular weight is 407 g/mol. The summed E-state index contributed by atoms with van der Waals surface area (Å²) in [5, 5.41) is 15.0. The molecule has 0 aromatic carbocycles. The summed E-state index contributed by atoms with van der Waals surface area (Å²) in [5.74, 6) is 1.44. The van der Waals surface area contributed by atoms with Crippen LogP contribution in [0.5, 0.6) is 0 Å². The van der Waals surface area contributed by atoms with Crippen LogP contribution in [-0.2, 0) is 17.8 Å². The number of carbonyl (C=O) groups excluding carboxylic acids is 1. The van der Waals surface area contributed by atoms with E-state index in [0.29, 0.717) is 11.8 Å². The molecule has 2 heterocycles. The van der Waals surface area contributed by atoms with Gasteiger partial charge in [-0.1, -0.05) is 51.3 Å². The second-order valence-electron chi connectivity index (χ2n) is 7.16. The zero-order chi connectivity index (χ0) is 19.1. The Morgan fingerprint density at radius 3 is 2.70 bits per heavy atom. The molecule has 0 atom stereocenters. The number of thioether (sulfide) groups is 1. The van der Waals surface area contributed by atoms with Gasteiger partial charge in [-0.2, -0.15) is 0 Å². The summed E-state index contributed by atoms with van der Waals surface area (Å²) in [6, 6.07) is 2.55. The molecule has 1 N–H and O–H groups in total. The van der Waals surface area contributed by atoms with Crippen LogP contribution in [0.4, 0.5) is 0 Å². The van der Waals surface area contributed by atoms with Crippen molar-refractivity contribution in [2.45, 2.75) is 83.0 Å². The summed E-state index contributed by atoms with van der Waals surface area (Å²) in [5.41, 5.74) is 1.13. The van der Waals surface area contributed by atoms with E-state index in [0.717, 1.165) is 48.8 Å². The number of nitrogens with zero attached hydrogens (tertiary/aromatic N) is 3. The highest BCUT2D eigenvalue weighted by molar-refractivity contribution is 7.99. The third kappa shape index (κ3) is 5.57. The number of hydrogen-bond donors (Lipinski definition) is 1. The summed E-state index contributed by atoms with van der Waals surface area (Å²) in [6.07, 6.45) is 9.33. The molecule has 0 radical (unpaired) electrons. The summed E-state index contributed by atoms with van der Waals surface area (Å²) < 4.78 is 2.16. The monoisotopic (exact) mass is 406 g/mol. The fraction of sp³-hybridized carbons (Fsp3) is 0.650. The smallest absolute Gasteiger partial charge is 0.230 e. The van der Waals surface area contributed by atoms with Crippen molar-refractivity contribution in [3.63, 3.8) is 0 Å². The average Bonchev–Trinajstić information content (AvgIpc) is 3.21. The van der Waals surface area contributed by atoms with Gasteiger partial charge in [0.15, 0.2) is 11.0 Å². The topological polar surface area (TPSA) is 59.8 Å². The molecule has 0 saturated heterocycles. The first-order chi connectivity index (χ1) is 13.2. The van der Waals surface area contributed by atoms with Crippen LogP contribution in [0, 0.1) is 0 Å². The number of aryl methyl sites for hydroxylation is 1. The molecule has 5 nitrogen and oxygen atoms in total. The van der Waals surface area contributed by atoms with E-state index in [9.17, 15) is 4.79 Å². The maximum atomic E-state index is 12.4. The van der Waals surface area contributed by atoms with Gasteiger partial charge in [0.25, 0.3) is 0 Å². The van der Waals surface area contributed by atoms with Gasteiger partial charge < -0.3 is 9.88 Å². The van der Waals surface area contributed by atoms with E-state index in [1.807, 2.05) is 0 Å². The van der Waals surface area contributed by atoms with Gasteiger partial charge in [0.05, 0.1) is 5.75 Å². The lowest BCUT2D eigenvalue weighted by atomic mass is 10.1. The highest BCUT2D eigenvalue weighted by Crippen LogP contribution is 2.28. The molecule has 2 aromatic rings. The number of hydrogen-bond acceptors (Lipinski definition) is 5. The number of nitrogens with one attached hydrogen (secondary N) is 1. The highest BCUT2D eigenvalue weighted by Gasteiger charge is 2.18. The third-order valence-electron chi connectivity index (χ3n) is 4.98. The molecular weight excluding hydrogens is 376 g/mol. The molecule has 0 unspecified atom stereocenters. The molecule has 1 aliphatic rings. The zero-order valence-corrected chi connectivity index (χ0v) is 18.0. The lowest BCUT2D eigenvalue weighted by Crippen LogP contribution is -2.35. The Morgan fingerprint density at radius 2 is 2.04 bits per heavy atom. The van der Waals surface area contributed by atoms with Gasteiger partial charge in [0.1, 0.15) is 0 Å². The van der Waals surface area contributed by atoms with Crippen molar-refractivity contribution in [1.29, 1.82) is 0 Å². The minimum Gasteiger partial charge on any atom is -0.353 e. The first-order valence-corrected chi connectivity index (χ1v) is 12.0. The molecule has 0 bridgehead atoms.